The predicted octanol–water partition coefficient (Wildman–Crippen LogP) is -5.73. The molecule has 0 unspecified atom stereocenters. The van der Waals surface area contributed by atoms with E-state index in [2.05, 4.69) is 37.9 Å². The summed E-state index contributed by atoms with van der Waals surface area (Å²) in [7, 11) is 0. The van der Waals surface area contributed by atoms with Gasteiger partial charge in [0, 0.05) is 0 Å². The maximum absolute atomic E-state index is 7.13. The van der Waals surface area contributed by atoms with Crippen LogP contribution in [-0.4, -0.2) is 38.3 Å². The van der Waals surface area contributed by atoms with E-state index in [-0.39, 0.29) is 80.1 Å². The summed E-state index contributed by atoms with van der Waals surface area (Å²) in [6.45, 7) is 0. The van der Waals surface area contributed by atoms with Crippen molar-refractivity contribution in [1.82, 2.24) is 0 Å². The molecule has 17 heavy (non-hydrogen) atoms. The summed E-state index contributed by atoms with van der Waals surface area (Å²) < 4.78 is 0. The van der Waals surface area contributed by atoms with Crippen molar-refractivity contribution in [3.63, 3.8) is 0 Å². The summed E-state index contributed by atoms with van der Waals surface area (Å²) in [5, 5.41) is 25.4. The van der Waals surface area contributed by atoms with Crippen LogP contribution in [0.3, 0.4) is 0 Å². The molecule has 0 saturated carbocycles. The Labute approximate surface area is 148 Å². The van der Waals surface area contributed by atoms with Gasteiger partial charge in [-0.05, 0) is 0 Å². The largest absolute Gasteiger partial charge is 3.00 e. The monoisotopic (exact) mass is 440 g/mol. The zero-order valence-corrected chi connectivity index (χ0v) is 13.7. The Balaban J connectivity index is -0.00000000286. The van der Waals surface area contributed by atoms with Gasteiger partial charge in [0.2, 0.25) is 0 Å². The van der Waals surface area contributed by atoms with Gasteiger partial charge in [-0.2, -0.15) is 0 Å². The van der Waals surface area contributed by atoms with Gasteiger partial charge in [-0.1, -0.05) is 16.2 Å². The van der Waals surface area contributed by atoms with E-state index in [0.29, 0.717) is 0 Å². The molecule has 14 heteroatoms. The van der Waals surface area contributed by atoms with Crippen LogP contribution in [0, 0.1) is 73.7 Å². The fourth-order valence-electron chi connectivity index (χ4n) is 0. The van der Waals surface area contributed by atoms with Gasteiger partial charge in [0.05, 0.1) is 0 Å². The molecule has 10 nitrogen and oxygen atoms in total. The molecule has 0 spiro atoms. The minimum absolute atomic E-state index is 0. The topological polar surface area (TPSA) is 292 Å². The van der Waals surface area contributed by atoms with E-state index < -0.39 is 0 Å². The van der Waals surface area contributed by atoms with Crippen LogP contribution in [0.1, 0.15) is 0 Å². The normalized spacial score (nSPS) is 1.24. The maximum Gasteiger partial charge on any atom is 3.00 e. The van der Waals surface area contributed by atoms with Crippen molar-refractivity contribution in [3.05, 3.63) is 0 Å². The third kappa shape index (κ3) is 63900. The average molecular weight is 440 g/mol. The predicted molar refractivity (Wildman–Crippen MR) is 64.2 cm³/mol. The molecular formula is C3H14CeN3O7S3. The minimum Gasteiger partial charge on any atom is -0.696 e. The number of hydrogen-bond acceptors (Lipinski definition) is 6. The zero-order valence-electron chi connectivity index (χ0n) is 8.07. The fourth-order valence-corrected chi connectivity index (χ4v) is 0. The molecule has 0 aliphatic carbocycles. The van der Waals surface area contributed by atoms with Gasteiger partial charge in [-0.15, -0.1) is 0 Å². The van der Waals surface area contributed by atoms with Gasteiger partial charge in [-0.25, -0.2) is 15.8 Å². The molecule has 14 N–H and O–H groups in total. The van der Waals surface area contributed by atoms with Crippen molar-refractivity contribution >= 4 is 37.9 Å². The van der Waals surface area contributed by atoms with Crippen molar-refractivity contribution in [2.24, 2.45) is 0 Å². The van der Waals surface area contributed by atoms with E-state index >= 15 is 0 Å². The van der Waals surface area contributed by atoms with E-state index in [1.165, 1.54) is 16.2 Å². The number of rotatable bonds is 0. The number of thiocyanates is 3. The molecule has 0 aromatic carbocycles. The SMILES string of the molecule is N#C[S-].N#C[S-].N#C[S-].O.O.O.O.O.O.O.[Ce+3]. The smallest absolute Gasteiger partial charge is 0.696 e. The first-order valence-corrected chi connectivity index (χ1v) is 2.51. The van der Waals surface area contributed by atoms with E-state index in [9.17, 15) is 0 Å². The zero-order chi connectivity index (χ0) is 8.12. The number of nitrogens with zero attached hydrogens (tertiary/aromatic N) is 3. The maximum atomic E-state index is 7.13. The summed E-state index contributed by atoms with van der Waals surface area (Å²) in [6.07, 6.45) is 0. The van der Waals surface area contributed by atoms with Crippen molar-refractivity contribution in [1.29, 1.82) is 15.8 Å². The van der Waals surface area contributed by atoms with Crippen molar-refractivity contribution in [2.75, 3.05) is 0 Å². The second-order valence-electron chi connectivity index (χ2n) is 0.274. The van der Waals surface area contributed by atoms with E-state index in [0.717, 1.165) is 0 Å². The van der Waals surface area contributed by atoms with Gasteiger partial charge in [0.15, 0.2) is 0 Å². The van der Waals surface area contributed by atoms with Gasteiger partial charge in [-0.3, -0.25) is 0 Å². The summed E-state index contributed by atoms with van der Waals surface area (Å²) in [5.41, 5.74) is 0. The summed E-state index contributed by atoms with van der Waals surface area (Å²) in [6, 6.07) is 0. The third-order valence-electron chi connectivity index (χ3n) is 0. The van der Waals surface area contributed by atoms with Crippen LogP contribution in [0.15, 0.2) is 0 Å². The van der Waals surface area contributed by atoms with Crippen LogP contribution in [0.5, 0.6) is 0 Å². The Morgan fingerprint density at radius 2 is 0.471 bits per heavy atom. The van der Waals surface area contributed by atoms with Gasteiger partial charge < -0.3 is 76.2 Å². The molecule has 105 valence electrons. The third-order valence-corrected chi connectivity index (χ3v) is 0. The molecule has 0 aliphatic heterocycles. The fraction of sp³-hybridized carbons (Fsp3) is 0. The van der Waals surface area contributed by atoms with E-state index in [4.69, 9.17) is 15.8 Å². The molecule has 0 heterocycles. The number of nitriles is 3. The van der Waals surface area contributed by atoms with Crippen molar-refractivity contribution in [2.45, 2.75) is 0 Å². The molecular weight excluding hydrogens is 426 g/mol. The second kappa shape index (κ2) is 361. The van der Waals surface area contributed by atoms with Crippen LogP contribution in [0.25, 0.3) is 0 Å². The summed E-state index contributed by atoms with van der Waals surface area (Å²) in [5.74, 6) is 0. The first-order chi connectivity index (χ1) is 4.24. The first kappa shape index (κ1) is 117. The standard InChI is InChI=1S/3CHNS.Ce.7H2O/c3*2-1-3;;;;;;;;/h3*3H;;7*1H2/q;;;+3;;;;;;;/p-3. The summed E-state index contributed by atoms with van der Waals surface area (Å²) in [4.78, 5) is 0. The van der Waals surface area contributed by atoms with Crippen LogP contribution in [-0.2, 0) is 37.9 Å². The Bertz CT molecular complexity index is 129. The van der Waals surface area contributed by atoms with Crippen LogP contribution in [0.2, 0.25) is 0 Å². The Morgan fingerprint density at radius 3 is 0.471 bits per heavy atom. The van der Waals surface area contributed by atoms with Crippen LogP contribution in [0.4, 0.5) is 0 Å². The first-order valence-electron chi connectivity index (χ1n) is 1.28. The van der Waals surface area contributed by atoms with Crippen LogP contribution < -0.4 is 0 Å². The number of hydrogen-bond donors (Lipinski definition) is 0. The molecule has 0 amide bonds. The molecule has 1 radical (unpaired) electrons. The van der Waals surface area contributed by atoms with Gasteiger partial charge >= 0.3 is 41.7 Å². The Morgan fingerprint density at radius 1 is 0.471 bits per heavy atom. The van der Waals surface area contributed by atoms with Crippen molar-refractivity contribution in [3.8, 4) is 16.2 Å². The van der Waals surface area contributed by atoms with E-state index in [1.54, 1.807) is 0 Å². The Hall–Kier alpha value is 0.227. The molecule has 0 rings (SSSR count). The molecule has 0 aromatic heterocycles. The molecule has 0 saturated heterocycles. The van der Waals surface area contributed by atoms with Gasteiger partial charge in [0.1, 0.15) is 0 Å². The Kier molecular flexibility index (Phi) is 2490. The van der Waals surface area contributed by atoms with Crippen LogP contribution >= 0.6 is 0 Å². The average Bonchev–Trinajstić information content (AvgIpc) is 1.70. The quantitative estimate of drug-likeness (QED) is 0.260. The summed E-state index contributed by atoms with van der Waals surface area (Å²) >= 11 is 11.1. The second-order valence-corrected chi connectivity index (χ2v) is 0.822. The van der Waals surface area contributed by atoms with Crippen molar-refractivity contribution < 1.29 is 80.1 Å². The molecule has 0 bridgehead atoms. The molecule has 0 aromatic rings. The molecule has 0 atom stereocenters. The molecule has 0 fully saturated rings. The van der Waals surface area contributed by atoms with Gasteiger partial charge in [0.25, 0.3) is 0 Å². The minimum atomic E-state index is 0. The molecule has 0 aliphatic rings. The van der Waals surface area contributed by atoms with E-state index in [1.807, 2.05) is 0 Å².